The molecule has 2 rings (SSSR count). The quantitative estimate of drug-likeness (QED) is 0.471. The van der Waals surface area contributed by atoms with E-state index in [1.807, 2.05) is 6.07 Å². The number of aryl methyl sites for hydroxylation is 1. The van der Waals surface area contributed by atoms with Gasteiger partial charge in [-0.25, -0.2) is 0 Å². The molecule has 0 N–H and O–H groups in total. The van der Waals surface area contributed by atoms with Crippen molar-refractivity contribution in [1.82, 2.24) is 4.57 Å². The summed E-state index contributed by atoms with van der Waals surface area (Å²) in [5, 5.41) is 10.8. The number of carbonyl (C=O) groups is 1. The molecule has 1 aromatic carbocycles. The smallest absolute Gasteiger partial charge is 0.333 e. The van der Waals surface area contributed by atoms with E-state index in [1.54, 1.807) is 24.3 Å². The summed E-state index contributed by atoms with van der Waals surface area (Å²) in [6.45, 7) is 0.257. The Morgan fingerprint density at radius 3 is 2.52 bits per heavy atom. The minimum absolute atomic E-state index is 0.0620. The topological polar surface area (TPSA) is 82.2 Å². The molecule has 0 aliphatic heterocycles. The highest BCUT2D eigenvalue weighted by Crippen LogP contribution is 2.12. The number of carbonyl (C=O) groups excluding carboxylic acids is 1. The van der Waals surface area contributed by atoms with E-state index < -0.39 is 16.0 Å². The van der Waals surface area contributed by atoms with Gasteiger partial charge < -0.3 is 4.57 Å². The molecule has 0 radical (unpaired) electrons. The number of ketones is 1. The summed E-state index contributed by atoms with van der Waals surface area (Å²) < 4.78 is 1.56. The van der Waals surface area contributed by atoms with Crippen LogP contribution in [0, 0.1) is 10.1 Å². The van der Waals surface area contributed by atoms with E-state index >= 15 is 0 Å². The van der Waals surface area contributed by atoms with Crippen molar-refractivity contribution in [3.63, 3.8) is 0 Å². The number of aromatic nitrogens is 1. The van der Waals surface area contributed by atoms with Crippen LogP contribution in [-0.2, 0) is 6.54 Å². The van der Waals surface area contributed by atoms with Crippen molar-refractivity contribution in [2.24, 2.45) is 0 Å². The largest absolute Gasteiger partial charge is 0.346 e. The van der Waals surface area contributed by atoms with E-state index in [0.717, 1.165) is 6.20 Å². The van der Waals surface area contributed by atoms with Crippen LogP contribution in [0.4, 0.5) is 5.69 Å². The lowest BCUT2D eigenvalue weighted by Gasteiger charge is -2.06. The maximum absolute atomic E-state index is 12.0. The Labute approximate surface area is 128 Å². The van der Waals surface area contributed by atoms with Gasteiger partial charge in [-0.3, -0.25) is 19.7 Å². The number of Topliss-reactive ketones (excluding diaryl/α,β-unsaturated/α-hetero) is 1. The van der Waals surface area contributed by atoms with Crippen molar-refractivity contribution < 1.29 is 9.72 Å². The van der Waals surface area contributed by atoms with Crippen LogP contribution in [0.3, 0.4) is 0 Å². The molecule has 0 fully saturated rings. The van der Waals surface area contributed by atoms with E-state index in [4.69, 9.17) is 0 Å². The maximum Gasteiger partial charge on any atom is 0.333 e. The summed E-state index contributed by atoms with van der Waals surface area (Å²) in [4.78, 5) is 33.6. The van der Waals surface area contributed by atoms with Crippen molar-refractivity contribution in [3.8, 4) is 0 Å². The molecule has 6 nitrogen and oxygen atoms in total. The zero-order chi connectivity index (χ0) is 15.4. The Morgan fingerprint density at radius 1 is 1.24 bits per heavy atom. The van der Waals surface area contributed by atoms with Gasteiger partial charge in [-0.15, -0.1) is 0 Å². The molecule has 0 saturated heterocycles. The van der Waals surface area contributed by atoms with Gasteiger partial charge in [-0.2, -0.15) is 0 Å². The second-order valence-corrected chi connectivity index (χ2v) is 5.21. The van der Waals surface area contributed by atoms with E-state index in [9.17, 15) is 19.7 Å². The summed E-state index contributed by atoms with van der Waals surface area (Å²) in [5.41, 5.74) is -0.603. The first-order valence-corrected chi connectivity index (χ1v) is 6.90. The van der Waals surface area contributed by atoms with Gasteiger partial charge in [0, 0.05) is 24.7 Å². The number of nitrogens with zero attached hydrogens (tertiary/aromatic N) is 2. The highest BCUT2D eigenvalue weighted by molar-refractivity contribution is 9.10. The van der Waals surface area contributed by atoms with Gasteiger partial charge in [0.15, 0.2) is 5.78 Å². The average molecular weight is 351 g/mol. The van der Waals surface area contributed by atoms with Crippen molar-refractivity contribution >= 4 is 27.4 Å². The van der Waals surface area contributed by atoms with Crippen molar-refractivity contribution in [2.45, 2.75) is 13.0 Å². The SMILES string of the molecule is O=C(CCn1cc(Br)c(=O)c([N+](=O)[O-])c1)c1ccccc1. The fourth-order valence-corrected chi connectivity index (χ4v) is 2.30. The van der Waals surface area contributed by atoms with Crippen molar-refractivity contribution in [2.75, 3.05) is 0 Å². The predicted octanol–water partition coefficient (Wildman–Crippen LogP) is 2.79. The van der Waals surface area contributed by atoms with Crippen LogP contribution in [0.15, 0.2) is 52.0 Å². The van der Waals surface area contributed by atoms with Gasteiger partial charge in [0.05, 0.1) is 15.6 Å². The van der Waals surface area contributed by atoms with Gasteiger partial charge in [-0.1, -0.05) is 30.3 Å². The summed E-state index contributed by atoms with van der Waals surface area (Å²) in [6.07, 6.45) is 2.77. The first-order chi connectivity index (χ1) is 9.99. The molecule has 0 saturated carbocycles. The van der Waals surface area contributed by atoms with E-state index in [-0.39, 0.29) is 23.2 Å². The van der Waals surface area contributed by atoms with Crippen molar-refractivity contribution in [1.29, 1.82) is 0 Å². The van der Waals surface area contributed by atoms with Gasteiger partial charge >= 0.3 is 5.69 Å². The van der Waals surface area contributed by atoms with Gasteiger partial charge in [0.25, 0.3) is 5.43 Å². The Morgan fingerprint density at radius 2 is 1.90 bits per heavy atom. The number of hydrogen-bond acceptors (Lipinski definition) is 4. The molecule has 0 amide bonds. The van der Waals surface area contributed by atoms with Crippen LogP contribution in [-0.4, -0.2) is 15.3 Å². The Kier molecular flexibility index (Phi) is 4.64. The number of rotatable bonds is 5. The van der Waals surface area contributed by atoms with Crippen LogP contribution in [0.25, 0.3) is 0 Å². The van der Waals surface area contributed by atoms with Crippen LogP contribution in [0.2, 0.25) is 0 Å². The lowest BCUT2D eigenvalue weighted by molar-refractivity contribution is -0.386. The lowest BCUT2D eigenvalue weighted by Crippen LogP contribution is -2.14. The molecule has 1 heterocycles. The normalized spacial score (nSPS) is 10.3. The third kappa shape index (κ3) is 3.63. The Hall–Kier alpha value is -2.28. The van der Waals surface area contributed by atoms with Gasteiger partial charge in [-0.05, 0) is 15.9 Å². The molecule has 21 heavy (non-hydrogen) atoms. The molecule has 0 aliphatic carbocycles. The molecular weight excluding hydrogens is 340 g/mol. The number of pyridine rings is 1. The second-order valence-electron chi connectivity index (χ2n) is 4.35. The number of hydrogen-bond donors (Lipinski definition) is 0. The molecule has 0 bridgehead atoms. The molecule has 0 spiro atoms. The Bertz CT molecular complexity index is 740. The summed E-state index contributed by atoms with van der Waals surface area (Å²) >= 11 is 2.99. The average Bonchev–Trinajstić information content (AvgIpc) is 2.48. The second kappa shape index (κ2) is 6.45. The van der Waals surface area contributed by atoms with Crippen LogP contribution in [0.5, 0.6) is 0 Å². The van der Waals surface area contributed by atoms with E-state index in [0.29, 0.717) is 5.56 Å². The third-order valence-corrected chi connectivity index (χ3v) is 3.47. The third-order valence-electron chi connectivity index (χ3n) is 2.91. The number of benzene rings is 1. The van der Waals surface area contributed by atoms with E-state index in [1.165, 1.54) is 10.8 Å². The van der Waals surface area contributed by atoms with Gasteiger partial charge in [0.2, 0.25) is 0 Å². The maximum atomic E-state index is 12.0. The monoisotopic (exact) mass is 350 g/mol. The molecule has 1 aromatic heterocycles. The van der Waals surface area contributed by atoms with Crippen molar-refractivity contribution in [3.05, 3.63) is 73.1 Å². The first kappa shape index (κ1) is 15.1. The first-order valence-electron chi connectivity index (χ1n) is 6.11. The molecule has 0 unspecified atom stereocenters. The van der Waals surface area contributed by atoms with Crippen LogP contribution >= 0.6 is 15.9 Å². The minimum atomic E-state index is -0.734. The molecule has 0 atom stereocenters. The Balaban J connectivity index is 2.16. The summed E-state index contributed by atoms with van der Waals surface area (Å²) in [5.74, 6) is -0.0620. The lowest BCUT2D eigenvalue weighted by atomic mass is 10.1. The zero-order valence-corrected chi connectivity index (χ0v) is 12.4. The fraction of sp³-hybridized carbons (Fsp3) is 0.143. The minimum Gasteiger partial charge on any atom is -0.346 e. The van der Waals surface area contributed by atoms with Crippen LogP contribution < -0.4 is 5.43 Å². The number of nitro groups is 1. The highest BCUT2D eigenvalue weighted by Gasteiger charge is 2.16. The summed E-state index contributed by atoms with van der Waals surface area (Å²) in [6, 6.07) is 8.79. The van der Waals surface area contributed by atoms with Gasteiger partial charge in [0.1, 0.15) is 0 Å². The standard InChI is InChI=1S/C14H11BrN2O4/c15-11-8-16(9-12(14(11)19)17(20)21)7-6-13(18)10-4-2-1-3-5-10/h1-5,8-9H,6-7H2. The predicted molar refractivity (Wildman–Crippen MR) is 80.4 cm³/mol. The summed E-state index contributed by atoms with van der Waals surface area (Å²) in [7, 11) is 0. The fourth-order valence-electron chi connectivity index (χ4n) is 1.84. The molecule has 108 valence electrons. The highest BCUT2D eigenvalue weighted by atomic mass is 79.9. The number of halogens is 1. The van der Waals surface area contributed by atoms with Crippen LogP contribution in [0.1, 0.15) is 16.8 Å². The molecular formula is C14H11BrN2O4. The molecule has 7 heteroatoms. The zero-order valence-electron chi connectivity index (χ0n) is 10.9. The van der Waals surface area contributed by atoms with E-state index in [2.05, 4.69) is 15.9 Å². The molecule has 2 aromatic rings. The molecule has 0 aliphatic rings.